The summed E-state index contributed by atoms with van der Waals surface area (Å²) in [7, 11) is 1.57. The zero-order chi connectivity index (χ0) is 20.1. The van der Waals surface area contributed by atoms with Crippen LogP contribution in [-0.4, -0.2) is 30.0 Å². The van der Waals surface area contributed by atoms with Gasteiger partial charge in [-0.25, -0.2) is 4.79 Å². The number of nitrogens with one attached hydrogen (secondary N) is 2. The van der Waals surface area contributed by atoms with Crippen LogP contribution in [0.4, 0.5) is 4.79 Å². The van der Waals surface area contributed by atoms with Crippen LogP contribution in [0.5, 0.6) is 5.75 Å². The highest BCUT2D eigenvalue weighted by Crippen LogP contribution is 2.31. The van der Waals surface area contributed by atoms with E-state index in [4.69, 9.17) is 4.74 Å². The van der Waals surface area contributed by atoms with Crippen LogP contribution in [-0.2, 0) is 15.1 Å². The van der Waals surface area contributed by atoms with Crippen LogP contribution in [0, 0.1) is 0 Å². The van der Waals surface area contributed by atoms with Crippen molar-refractivity contribution >= 4 is 23.9 Å². The number of imide groups is 1. The zero-order valence-electron chi connectivity index (χ0n) is 15.6. The van der Waals surface area contributed by atoms with Gasteiger partial charge in [0.1, 0.15) is 11.3 Å². The second-order valence-corrected chi connectivity index (χ2v) is 6.28. The standard InChI is InChI=1S/C21H21N3O4/c1-3-21(16-7-5-4-6-8-16)19(26)24(20(27)22-21)23-18(25)14-11-15-9-12-17(28-2)13-10-15/h4-14H,3H2,1-2H3,(H,22,27)(H,23,25)/b14-11+/t21-/m0/s1. The number of rotatable bonds is 6. The number of methoxy groups -OCH3 is 1. The molecule has 0 aliphatic carbocycles. The van der Waals surface area contributed by atoms with Gasteiger partial charge < -0.3 is 10.1 Å². The molecule has 2 aromatic rings. The molecule has 2 aromatic carbocycles. The van der Waals surface area contributed by atoms with Gasteiger partial charge >= 0.3 is 6.03 Å². The Labute approximate surface area is 163 Å². The van der Waals surface area contributed by atoms with E-state index in [9.17, 15) is 14.4 Å². The average Bonchev–Trinajstić information content (AvgIpc) is 2.98. The van der Waals surface area contributed by atoms with Crippen molar-refractivity contribution in [2.45, 2.75) is 18.9 Å². The number of urea groups is 1. The van der Waals surface area contributed by atoms with E-state index in [0.29, 0.717) is 17.7 Å². The fourth-order valence-electron chi connectivity index (χ4n) is 3.07. The minimum atomic E-state index is -1.19. The normalized spacial score (nSPS) is 19.0. The lowest BCUT2D eigenvalue weighted by molar-refractivity contribution is -0.138. The van der Waals surface area contributed by atoms with E-state index in [-0.39, 0.29) is 0 Å². The lowest BCUT2D eigenvalue weighted by Gasteiger charge is -2.25. The van der Waals surface area contributed by atoms with Crippen LogP contribution in [0.1, 0.15) is 24.5 Å². The van der Waals surface area contributed by atoms with Crippen molar-refractivity contribution in [3.05, 3.63) is 71.8 Å². The first kappa shape index (κ1) is 19.2. The monoisotopic (exact) mass is 379 g/mol. The van der Waals surface area contributed by atoms with Crippen molar-refractivity contribution in [3.63, 3.8) is 0 Å². The molecule has 0 bridgehead atoms. The van der Waals surface area contributed by atoms with Crippen LogP contribution < -0.4 is 15.5 Å². The van der Waals surface area contributed by atoms with Gasteiger partial charge in [-0.05, 0) is 35.8 Å². The Morgan fingerprint density at radius 1 is 1.14 bits per heavy atom. The van der Waals surface area contributed by atoms with Gasteiger partial charge in [-0.15, -0.1) is 0 Å². The molecule has 4 amide bonds. The molecule has 0 radical (unpaired) electrons. The molecule has 1 heterocycles. The molecule has 3 rings (SSSR count). The maximum Gasteiger partial charge on any atom is 0.344 e. The van der Waals surface area contributed by atoms with Gasteiger partial charge in [0.15, 0.2) is 0 Å². The average molecular weight is 379 g/mol. The van der Waals surface area contributed by atoms with Crippen LogP contribution in [0.3, 0.4) is 0 Å². The molecule has 7 heteroatoms. The van der Waals surface area contributed by atoms with Gasteiger partial charge in [0.25, 0.3) is 11.8 Å². The number of carbonyl (C=O) groups excluding carboxylic acids is 3. The number of nitrogens with zero attached hydrogens (tertiary/aromatic N) is 1. The number of hydrogen-bond donors (Lipinski definition) is 2. The fourth-order valence-corrected chi connectivity index (χ4v) is 3.07. The molecule has 2 N–H and O–H groups in total. The molecule has 0 unspecified atom stereocenters. The molecule has 7 nitrogen and oxygen atoms in total. The lowest BCUT2D eigenvalue weighted by atomic mass is 9.87. The SMILES string of the molecule is CC[C@@]1(c2ccccc2)NC(=O)N(NC(=O)/C=C/c2ccc(OC)cc2)C1=O. The van der Waals surface area contributed by atoms with E-state index >= 15 is 0 Å². The molecule has 0 spiro atoms. The minimum Gasteiger partial charge on any atom is -0.497 e. The van der Waals surface area contributed by atoms with Crippen molar-refractivity contribution in [2.75, 3.05) is 7.11 Å². The van der Waals surface area contributed by atoms with E-state index in [2.05, 4.69) is 10.7 Å². The van der Waals surface area contributed by atoms with Gasteiger partial charge in [-0.2, -0.15) is 5.01 Å². The molecule has 1 aliphatic rings. The van der Waals surface area contributed by atoms with E-state index in [1.807, 2.05) is 6.07 Å². The molecule has 1 atom stereocenters. The Bertz CT molecular complexity index is 909. The summed E-state index contributed by atoms with van der Waals surface area (Å²) in [6.45, 7) is 1.81. The number of amides is 4. The predicted molar refractivity (Wildman–Crippen MR) is 104 cm³/mol. The first-order chi connectivity index (χ1) is 13.5. The molecule has 1 aliphatic heterocycles. The van der Waals surface area contributed by atoms with Gasteiger partial charge in [-0.1, -0.05) is 49.4 Å². The number of hydrogen-bond acceptors (Lipinski definition) is 4. The number of hydrazine groups is 1. The van der Waals surface area contributed by atoms with E-state index in [0.717, 1.165) is 10.6 Å². The predicted octanol–water partition coefficient (Wildman–Crippen LogP) is 2.60. The van der Waals surface area contributed by atoms with Gasteiger partial charge in [0.2, 0.25) is 0 Å². The molecule has 1 saturated heterocycles. The van der Waals surface area contributed by atoms with Crippen molar-refractivity contribution in [2.24, 2.45) is 0 Å². The third-order valence-corrected chi connectivity index (χ3v) is 4.65. The lowest BCUT2D eigenvalue weighted by Crippen LogP contribution is -2.48. The van der Waals surface area contributed by atoms with Gasteiger partial charge in [0.05, 0.1) is 7.11 Å². The van der Waals surface area contributed by atoms with Crippen molar-refractivity contribution in [1.82, 2.24) is 15.8 Å². The van der Waals surface area contributed by atoms with Crippen LogP contribution in [0.15, 0.2) is 60.7 Å². The topological polar surface area (TPSA) is 87.7 Å². The third kappa shape index (κ3) is 3.59. The van der Waals surface area contributed by atoms with E-state index in [1.165, 1.54) is 6.08 Å². The first-order valence-corrected chi connectivity index (χ1v) is 8.85. The van der Waals surface area contributed by atoms with E-state index in [1.54, 1.807) is 68.6 Å². The van der Waals surface area contributed by atoms with E-state index < -0.39 is 23.4 Å². The fraction of sp³-hybridized carbons (Fsp3) is 0.190. The quantitative estimate of drug-likeness (QED) is 0.597. The molecule has 28 heavy (non-hydrogen) atoms. The van der Waals surface area contributed by atoms with Crippen LogP contribution >= 0.6 is 0 Å². The maximum atomic E-state index is 12.9. The van der Waals surface area contributed by atoms with Gasteiger partial charge in [0, 0.05) is 6.08 Å². The summed E-state index contributed by atoms with van der Waals surface area (Å²) >= 11 is 0. The molecular formula is C21H21N3O4. The second-order valence-electron chi connectivity index (χ2n) is 6.28. The summed E-state index contributed by atoms with van der Waals surface area (Å²) in [4.78, 5) is 37.5. The third-order valence-electron chi connectivity index (χ3n) is 4.65. The summed E-state index contributed by atoms with van der Waals surface area (Å²) in [5.41, 5.74) is 2.61. The number of carbonyl (C=O) groups is 3. The smallest absolute Gasteiger partial charge is 0.344 e. The minimum absolute atomic E-state index is 0.357. The molecule has 0 aromatic heterocycles. The van der Waals surface area contributed by atoms with Crippen LogP contribution in [0.25, 0.3) is 6.08 Å². The summed E-state index contributed by atoms with van der Waals surface area (Å²) in [6.07, 6.45) is 3.20. The number of benzene rings is 2. The Kier molecular flexibility index (Phi) is 5.44. The number of ether oxygens (including phenoxy) is 1. The van der Waals surface area contributed by atoms with Crippen molar-refractivity contribution < 1.29 is 19.1 Å². The maximum absolute atomic E-state index is 12.9. The van der Waals surface area contributed by atoms with Crippen molar-refractivity contribution in [3.8, 4) is 5.75 Å². The largest absolute Gasteiger partial charge is 0.497 e. The molecular weight excluding hydrogens is 358 g/mol. The highest BCUT2D eigenvalue weighted by atomic mass is 16.5. The zero-order valence-corrected chi connectivity index (χ0v) is 15.6. The summed E-state index contributed by atoms with van der Waals surface area (Å²) in [6, 6.07) is 15.4. The molecule has 0 saturated carbocycles. The molecule has 1 fully saturated rings. The molecule has 144 valence electrons. The Morgan fingerprint density at radius 2 is 1.82 bits per heavy atom. The van der Waals surface area contributed by atoms with Gasteiger partial charge in [-0.3, -0.25) is 15.0 Å². The highest BCUT2D eigenvalue weighted by Gasteiger charge is 2.52. The summed E-state index contributed by atoms with van der Waals surface area (Å²) < 4.78 is 5.08. The Hall–Kier alpha value is -3.61. The first-order valence-electron chi connectivity index (χ1n) is 8.85. The second kappa shape index (κ2) is 7.96. The Balaban J connectivity index is 1.73. The summed E-state index contributed by atoms with van der Waals surface area (Å²) in [5.74, 6) is -0.394. The van der Waals surface area contributed by atoms with Crippen LogP contribution in [0.2, 0.25) is 0 Å². The Morgan fingerprint density at radius 3 is 2.43 bits per heavy atom. The summed E-state index contributed by atoms with van der Waals surface area (Å²) in [5, 5.41) is 3.44. The highest BCUT2D eigenvalue weighted by molar-refractivity contribution is 6.09. The van der Waals surface area contributed by atoms with Crippen molar-refractivity contribution in [1.29, 1.82) is 0 Å².